The third kappa shape index (κ3) is 4.63. The van der Waals surface area contributed by atoms with E-state index in [0.29, 0.717) is 18.1 Å². The number of hydrogen-bond donors (Lipinski definition) is 1. The van der Waals surface area contributed by atoms with Crippen LogP contribution >= 0.6 is 15.9 Å². The molecule has 2 aromatic carbocycles. The van der Waals surface area contributed by atoms with Crippen LogP contribution in [0.4, 0.5) is 0 Å². The van der Waals surface area contributed by atoms with Crippen molar-refractivity contribution in [2.24, 2.45) is 5.73 Å². The molecule has 0 unspecified atom stereocenters. The molecule has 0 aliphatic heterocycles. The van der Waals surface area contributed by atoms with Gasteiger partial charge >= 0.3 is 0 Å². The van der Waals surface area contributed by atoms with E-state index < -0.39 is 5.91 Å². The van der Waals surface area contributed by atoms with Gasteiger partial charge in [0.05, 0.1) is 7.11 Å². The van der Waals surface area contributed by atoms with Gasteiger partial charge in [0.2, 0.25) is 5.91 Å². The number of hydrogen-bond acceptors (Lipinski definition) is 3. The number of amides is 1. The first-order valence-corrected chi connectivity index (χ1v) is 7.40. The smallest absolute Gasteiger partial charge is 0.241 e. The van der Waals surface area contributed by atoms with E-state index in [1.54, 1.807) is 25.3 Å². The van der Waals surface area contributed by atoms with Crippen molar-refractivity contribution in [1.82, 2.24) is 0 Å². The quantitative estimate of drug-likeness (QED) is 0.800. The Morgan fingerprint density at radius 3 is 2.73 bits per heavy atom. The normalized spacial score (nSPS) is 10.6. The van der Waals surface area contributed by atoms with Crippen LogP contribution in [0.25, 0.3) is 6.08 Å². The van der Waals surface area contributed by atoms with Crippen molar-refractivity contribution in [2.75, 3.05) is 7.11 Å². The molecule has 5 heteroatoms. The van der Waals surface area contributed by atoms with E-state index in [9.17, 15) is 4.79 Å². The summed E-state index contributed by atoms with van der Waals surface area (Å²) in [7, 11) is 1.58. The van der Waals surface area contributed by atoms with Crippen molar-refractivity contribution >= 4 is 27.9 Å². The SMILES string of the molecule is COc1ccc(/C=C\C(N)=O)cc1OCc1cccc(Br)c1. The van der Waals surface area contributed by atoms with E-state index in [4.69, 9.17) is 15.2 Å². The maximum absolute atomic E-state index is 10.8. The average molecular weight is 362 g/mol. The molecule has 0 aliphatic rings. The van der Waals surface area contributed by atoms with E-state index in [0.717, 1.165) is 15.6 Å². The van der Waals surface area contributed by atoms with Crippen LogP contribution in [0.2, 0.25) is 0 Å². The molecule has 2 aromatic rings. The Morgan fingerprint density at radius 1 is 1.23 bits per heavy atom. The first kappa shape index (κ1) is 16.1. The minimum Gasteiger partial charge on any atom is -0.493 e. The lowest BCUT2D eigenvalue weighted by molar-refractivity contribution is -0.113. The van der Waals surface area contributed by atoms with Crippen molar-refractivity contribution in [1.29, 1.82) is 0 Å². The summed E-state index contributed by atoms with van der Waals surface area (Å²) in [5, 5.41) is 0. The summed E-state index contributed by atoms with van der Waals surface area (Å²) in [5.74, 6) is 0.743. The number of carbonyl (C=O) groups is 1. The Morgan fingerprint density at radius 2 is 2.05 bits per heavy atom. The molecular weight excluding hydrogens is 346 g/mol. The van der Waals surface area contributed by atoms with Gasteiger partial charge < -0.3 is 15.2 Å². The number of primary amides is 1. The minimum absolute atomic E-state index is 0.415. The van der Waals surface area contributed by atoms with Crippen LogP contribution in [-0.2, 0) is 11.4 Å². The number of methoxy groups -OCH3 is 1. The molecule has 2 rings (SSSR count). The fraction of sp³-hybridized carbons (Fsp3) is 0.118. The summed E-state index contributed by atoms with van der Waals surface area (Å²) in [6.45, 7) is 0.415. The maximum atomic E-state index is 10.8. The Bertz CT molecular complexity index is 698. The fourth-order valence-electron chi connectivity index (χ4n) is 1.88. The summed E-state index contributed by atoms with van der Waals surface area (Å²) in [6.07, 6.45) is 2.94. The van der Waals surface area contributed by atoms with E-state index >= 15 is 0 Å². The zero-order valence-corrected chi connectivity index (χ0v) is 13.7. The van der Waals surface area contributed by atoms with Crippen molar-refractivity contribution in [3.05, 3.63) is 64.1 Å². The lowest BCUT2D eigenvalue weighted by Gasteiger charge is -2.11. The molecule has 0 saturated heterocycles. The Balaban J connectivity index is 2.17. The van der Waals surface area contributed by atoms with Crippen molar-refractivity contribution in [3.8, 4) is 11.5 Å². The van der Waals surface area contributed by atoms with E-state index in [2.05, 4.69) is 15.9 Å². The second-order valence-electron chi connectivity index (χ2n) is 4.56. The molecule has 22 heavy (non-hydrogen) atoms. The number of halogens is 1. The molecule has 1 amide bonds. The van der Waals surface area contributed by atoms with E-state index in [-0.39, 0.29) is 0 Å². The van der Waals surface area contributed by atoms with E-state index in [1.165, 1.54) is 6.08 Å². The second kappa shape index (κ2) is 7.66. The number of ether oxygens (including phenoxy) is 2. The van der Waals surface area contributed by atoms with Crippen molar-refractivity contribution in [2.45, 2.75) is 6.61 Å². The lowest BCUT2D eigenvalue weighted by Crippen LogP contribution is -2.05. The standard InChI is InChI=1S/C17H16BrNO3/c1-21-15-7-5-12(6-8-17(19)20)10-16(15)22-11-13-3-2-4-14(18)9-13/h2-10H,11H2,1H3,(H2,19,20)/b8-6-. The van der Waals surface area contributed by atoms with Gasteiger partial charge in [-0.05, 0) is 41.5 Å². The molecule has 0 aliphatic carbocycles. The lowest BCUT2D eigenvalue weighted by atomic mass is 10.2. The summed E-state index contributed by atoms with van der Waals surface area (Å²) < 4.78 is 12.1. The molecule has 114 valence electrons. The highest BCUT2D eigenvalue weighted by Crippen LogP contribution is 2.29. The first-order valence-electron chi connectivity index (χ1n) is 6.61. The van der Waals surface area contributed by atoms with Crippen LogP contribution in [-0.4, -0.2) is 13.0 Å². The van der Waals surface area contributed by atoms with Crippen LogP contribution in [0.15, 0.2) is 53.0 Å². The monoisotopic (exact) mass is 361 g/mol. The van der Waals surface area contributed by atoms with Gasteiger partial charge in [0.25, 0.3) is 0 Å². The Hall–Kier alpha value is -2.27. The Kier molecular flexibility index (Phi) is 5.61. The Labute approximate surface area is 137 Å². The molecule has 0 radical (unpaired) electrons. The van der Waals surface area contributed by atoms with Gasteiger partial charge in [0.1, 0.15) is 6.61 Å². The first-order chi connectivity index (χ1) is 10.6. The molecule has 0 saturated carbocycles. The van der Waals surface area contributed by atoms with Gasteiger partial charge in [0, 0.05) is 10.5 Å². The summed E-state index contributed by atoms with van der Waals surface area (Å²) in [5.41, 5.74) is 6.94. The average Bonchev–Trinajstić information content (AvgIpc) is 2.51. The highest BCUT2D eigenvalue weighted by atomic mass is 79.9. The third-order valence-electron chi connectivity index (χ3n) is 2.91. The van der Waals surface area contributed by atoms with E-state index in [1.807, 2.05) is 30.3 Å². The molecule has 4 nitrogen and oxygen atoms in total. The van der Waals surface area contributed by atoms with Gasteiger partial charge in [-0.2, -0.15) is 0 Å². The number of benzene rings is 2. The molecular formula is C17H16BrNO3. The summed E-state index contributed by atoms with van der Waals surface area (Å²) in [4.78, 5) is 10.8. The molecule has 2 N–H and O–H groups in total. The predicted octanol–water partition coefficient (Wildman–Crippen LogP) is 3.54. The highest BCUT2D eigenvalue weighted by molar-refractivity contribution is 9.10. The predicted molar refractivity (Wildman–Crippen MR) is 89.7 cm³/mol. The maximum Gasteiger partial charge on any atom is 0.241 e. The molecule has 0 atom stereocenters. The second-order valence-corrected chi connectivity index (χ2v) is 5.48. The molecule has 0 heterocycles. The van der Waals surface area contributed by atoms with Crippen LogP contribution in [0.5, 0.6) is 11.5 Å². The van der Waals surface area contributed by atoms with Gasteiger partial charge in [-0.15, -0.1) is 0 Å². The van der Waals surface area contributed by atoms with Gasteiger partial charge in [-0.1, -0.05) is 34.1 Å². The fourth-order valence-corrected chi connectivity index (χ4v) is 2.32. The summed E-state index contributed by atoms with van der Waals surface area (Å²) in [6, 6.07) is 13.3. The highest BCUT2D eigenvalue weighted by Gasteiger charge is 2.06. The molecule has 0 bridgehead atoms. The van der Waals surface area contributed by atoms with Crippen LogP contribution in [0.3, 0.4) is 0 Å². The zero-order valence-electron chi connectivity index (χ0n) is 12.1. The van der Waals surface area contributed by atoms with Crippen molar-refractivity contribution in [3.63, 3.8) is 0 Å². The van der Waals surface area contributed by atoms with Crippen molar-refractivity contribution < 1.29 is 14.3 Å². The molecule has 0 fully saturated rings. The van der Waals surface area contributed by atoms with Gasteiger partial charge in [0.15, 0.2) is 11.5 Å². The number of rotatable bonds is 6. The molecule has 0 spiro atoms. The van der Waals surface area contributed by atoms with Gasteiger partial charge in [-0.3, -0.25) is 4.79 Å². The number of nitrogens with two attached hydrogens (primary N) is 1. The minimum atomic E-state index is -0.493. The third-order valence-corrected chi connectivity index (χ3v) is 3.40. The van der Waals surface area contributed by atoms with Crippen LogP contribution in [0, 0.1) is 0 Å². The van der Waals surface area contributed by atoms with Crippen LogP contribution < -0.4 is 15.2 Å². The van der Waals surface area contributed by atoms with Gasteiger partial charge in [-0.25, -0.2) is 0 Å². The number of carbonyl (C=O) groups excluding carboxylic acids is 1. The topological polar surface area (TPSA) is 61.5 Å². The largest absolute Gasteiger partial charge is 0.493 e. The zero-order chi connectivity index (χ0) is 15.9. The summed E-state index contributed by atoms with van der Waals surface area (Å²) >= 11 is 3.43. The van der Waals surface area contributed by atoms with Crippen LogP contribution in [0.1, 0.15) is 11.1 Å². The molecule has 0 aromatic heterocycles.